The highest BCUT2D eigenvalue weighted by Crippen LogP contribution is 2.38. The van der Waals surface area contributed by atoms with E-state index < -0.39 is 0 Å². The second-order valence-corrected chi connectivity index (χ2v) is 5.94. The molecular formula is C15H25N3. The molecule has 0 bridgehead atoms. The van der Waals surface area contributed by atoms with Gasteiger partial charge in [0.05, 0.1) is 6.33 Å². The summed E-state index contributed by atoms with van der Waals surface area (Å²) in [5.74, 6) is 1.55. The highest BCUT2D eigenvalue weighted by atomic mass is 15.1. The summed E-state index contributed by atoms with van der Waals surface area (Å²) in [6.45, 7) is 4.64. The molecule has 3 rings (SSSR count). The van der Waals surface area contributed by atoms with Crippen LogP contribution < -0.4 is 5.32 Å². The molecule has 0 spiro atoms. The Hall–Kier alpha value is -0.830. The van der Waals surface area contributed by atoms with Gasteiger partial charge in [-0.15, -0.1) is 0 Å². The Balaban J connectivity index is 1.84. The summed E-state index contributed by atoms with van der Waals surface area (Å²) in [6.07, 6.45) is 12.3. The predicted octanol–water partition coefficient (Wildman–Crippen LogP) is 3.10. The molecule has 0 amide bonds. The van der Waals surface area contributed by atoms with Crippen LogP contribution in [0.3, 0.4) is 0 Å². The van der Waals surface area contributed by atoms with Crippen LogP contribution in [0.15, 0.2) is 12.5 Å². The van der Waals surface area contributed by atoms with E-state index in [-0.39, 0.29) is 0 Å². The molecule has 2 aliphatic rings. The number of imidazole rings is 1. The lowest BCUT2D eigenvalue weighted by molar-refractivity contribution is 0.227. The number of aromatic nitrogens is 2. The van der Waals surface area contributed by atoms with Gasteiger partial charge >= 0.3 is 0 Å². The number of hydrogen-bond acceptors (Lipinski definition) is 2. The molecule has 3 nitrogen and oxygen atoms in total. The maximum Gasteiger partial charge on any atom is 0.0950 e. The second kappa shape index (κ2) is 5.43. The van der Waals surface area contributed by atoms with Crippen molar-refractivity contribution in [3.8, 4) is 0 Å². The van der Waals surface area contributed by atoms with E-state index >= 15 is 0 Å². The van der Waals surface area contributed by atoms with Crippen molar-refractivity contribution < 1.29 is 0 Å². The summed E-state index contributed by atoms with van der Waals surface area (Å²) in [7, 11) is 0. The van der Waals surface area contributed by atoms with E-state index in [1.807, 2.05) is 0 Å². The minimum atomic E-state index is 0.687. The Bertz CT molecular complexity index is 379. The van der Waals surface area contributed by atoms with Crippen LogP contribution in [-0.4, -0.2) is 22.6 Å². The Morgan fingerprint density at radius 1 is 1.33 bits per heavy atom. The average Bonchev–Trinajstić information content (AvgIpc) is 3.09. The molecule has 3 unspecified atom stereocenters. The highest BCUT2D eigenvalue weighted by molar-refractivity contribution is 5.11. The zero-order valence-corrected chi connectivity index (χ0v) is 11.4. The Morgan fingerprint density at radius 3 is 3.00 bits per heavy atom. The zero-order valence-electron chi connectivity index (χ0n) is 11.4. The maximum atomic E-state index is 4.45. The van der Waals surface area contributed by atoms with Crippen LogP contribution in [0.5, 0.6) is 0 Å². The van der Waals surface area contributed by atoms with Crippen LogP contribution in [0.2, 0.25) is 0 Å². The van der Waals surface area contributed by atoms with Crippen LogP contribution >= 0.6 is 0 Å². The van der Waals surface area contributed by atoms with Gasteiger partial charge in [-0.25, -0.2) is 4.98 Å². The molecule has 1 saturated heterocycles. The van der Waals surface area contributed by atoms with Gasteiger partial charge in [0.1, 0.15) is 0 Å². The van der Waals surface area contributed by atoms with Crippen LogP contribution in [-0.2, 0) is 0 Å². The summed E-state index contributed by atoms with van der Waals surface area (Å²) in [6, 6.07) is 0.710. The summed E-state index contributed by atoms with van der Waals surface area (Å²) >= 11 is 0. The molecule has 3 heteroatoms. The lowest BCUT2D eigenvalue weighted by Gasteiger charge is -2.33. The lowest BCUT2D eigenvalue weighted by Crippen LogP contribution is -2.25. The van der Waals surface area contributed by atoms with Crippen molar-refractivity contribution in [2.45, 2.75) is 57.4 Å². The summed E-state index contributed by atoms with van der Waals surface area (Å²) in [4.78, 5) is 4.45. The first-order chi connectivity index (χ1) is 8.90. The minimum absolute atomic E-state index is 0.687. The Kier molecular flexibility index (Phi) is 3.69. The fourth-order valence-corrected chi connectivity index (χ4v) is 3.85. The van der Waals surface area contributed by atoms with Crippen LogP contribution in [0.25, 0.3) is 0 Å². The van der Waals surface area contributed by atoms with Crippen molar-refractivity contribution in [3.05, 3.63) is 18.2 Å². The maximum absolute atomic E-state index is 4.45. The molecule has 1 aromatic heterocycles. The van der Waals surface area contributed by atoms with Crippen molar-refractivity contribution >= 4 is 0 Å². The van der Waals surface area contributed by atoms with E-state index in [0.717, 1.165) is 19.0 Å². The third-order valence-electron chi connectivity index (χ3n) is 4.93. The van der Waals surface area contributed by atoms with E-state index in [4.69, 9.17) is 0 Å². The number of nitrogens with one attached hydrogen (secondary N) is 1. The van der Waals surface area contributed by atoms with E-state index in [0.29, 0.717) is 12.0 Å². The van der Waals surface area contributed by atoms with Gasteiger partial charge < -0.3 is 9.88 Å². The fraction of sp³-hybridized carbons (Fsp3) is 0.800. The van der Waals surface area contributed by atoms with Gasteiger partial charge in [0.15, 0.2) is 0 Å². The monoisotopic (exact) mass is 247 g/mol. The minimum Gasteiger partial charge on any atom is -0.331 e. The van der Waals surface area contributed by atoms with E-state index in [1.54, 1.807) is 0 Å². The Labute approximate surface area is 110 Å². The van der Waals surface area contributed by atoms with Gasteiger partial charge in [0.2, 0.25) is 0 Å². The van der Waals surface area contributed by atoms with Gasteiger partial charge in [-0.2, -0.15) is 0 Å². The van der Waals surface area contributed by atoms with Gasteiger partial charge in [0, 0.05) is 30.4 Å². The SMILES string of the molecule is CCC1CCCCC1n1cncc1C1CCNC1. The van der Waals surface area contributed by atoms with E-state index in [1.165, 1.54) is 44.2 Å². The fourth-order valence-electron chi connectivity index (χ4n) is 3.85. The van der Waals surface area contributed by atoms with Crippen LogP contribution in [0, 0.1) is 5.92 Å². The number of nitrogens with zero attached hydrogens (tertiary/aromatic N) is 2. The van der Waals surface area contributed by atoms with Crippen LogP contribution in [0.1, 0.15) is 63.1 Å². The molecule has 2 heterocycles. The molecule has 1 aliphatic carbocycles. The largest absolute Gasteiger partial charge is 0.331 e. The number of rotatable bonds is 3. The van der Waals surface area contributed by atoms with Gasteiger partial charge in [-0.1, -0.05) is 26.2 Å². The summed E-state index contributed by atoms with van der Waals surface area (Å²) in [5, 5.41) is 3.47. The molecule has 1 N–H and O–H groups in total. The van der Waals surface area contributed by atoms with E-state index in [9.17, 15) is 0 Å². The topological polar surface area (TPSA) is 29.9 Å². The quantitative estimate of drug-likeness (QED) is 0.889. The first kappa shape index (κ1) is 12.2. The third-order valence-corrected chi connectivity index (χ3v) is 4.93. The highest BCUT2D eigenvalue weighted by Gasteiger charge is 2.29. The van der Waals surface area contributed by atoms with Crippen LogP contribution in [0.4, 0.5) is 0 Å². The molecular weight excluding hydrogens is 222 g/mol. The predicted molar refractivity (Wildman–Crippen MR) is 73.7 cm³/mol. The third kappa shape index (κ3) is 2.20. The molecule has 0 aromatic carbocycles. The van der Waals surface area contributed by atoms with Gasteiger partial charge in [-0.3, -0.25) is 0 Å². The number of hydrogen-bond donors (Lipinski definition) is 1. The molecule has 1 aliphatic heterocycles. The summed E-state index contributed by atoms with van der Waals surface area (Å²) in [5.41, 5.74) is 1.48. The van der Waals surface area contributed by atoms with Crippen molar-refractivity contribution in [2.24, 2.45) is 5.92 Å². The van der Waals surface area contributed by atoms with Crippen molar-refractivity contribution in [1.29, 1.82) is 0 Å². The molecule has 18 heavy (non-hydrogen) atoms. The first-order valence-electron chi connectivity index (χ1n) is 7.62. The van der Waals surface area contributed by atoms with Gasteiger partial charge in [-0.05, 0) is 31.7 Å². The zero-order chi connectivity index (χ0) is 12.4. The Morgan fingerprint density at radius 2 is 2.22 bits per heavy atom. The van der Waals surface area contributed by atoms with Crippen molar-refractivity contribution in [2.75, 3.05) is 13.1 Å². The smallest absolute Gasteiger partial charge is 0.0950 e. The van der Waals surface area contributed by atoms with Crippen molar-refractivity contribution in [3.63, 3.8) is 0 Å². The molecule has 100 valence electrons. The van der Waals surface area contributed by atoms with Crippen molar-refractivity contribution in [1.82, 2.24) is 14.9 Å². The summed E-state index contributed by atoms with van der Waals surface area (Å²) < 4.78 is 2.52. The molecule has 1 saturated carbocycles. The standard InChI is InChI=1S/C15H25N3/c1-2-12-5-3-4-6-14(12)18-11-17-10-15(18)13-7-8-16-9-13/h10-14,16H,2-9H2,1H3. The molecule has 3 atom stereocenters. The normalized spacial score (nSPS) is 32.8. The lowest BCUT2D eigenvalue weighted by atomic mass is 9.82. The van der Waals surface area contributed by atoms with Gasteiger partial charge in [0.25, 0.3) is 0 Å². The molecule has 0 radical (unpaired) electrons. The second-order valence-electron chi connectivity index (χ2n) is 5.94. The van der Waals surface area contributed by atoms with E-state index in [2.05, 4.69) is 34.3 Å². The molecule has 2 fully saturated rings. The average molecular weight is 247 g/mol. The first-order valence-corrected chi connectivity index (χ1v) is 7.62. The molecule has 1 aromatic rings.